The van der Waals surface area contributed by atoms with E-state index in [0.29, 0.717) is 28.1 Å². The molecule has 1 aliphatic heterocycles. The summed E-state index contributed by atoms with van der Waals surface area (Å²) in [5.74, 6) is -1.60. The quantitative estimate of drug-likeness (QED) is 0.435. The molecule has 9 heteroatoms. The minimum Gasteiger partial charge on any atom is -0.507 e. The van der Waals surface area contributed by atoms with Gasteiger partial charge in [0.15, 0.2) is 11.3 Å². The summed E-state index contributed by atoms with van der Waals surface area (Å²) in [6.45, 7) is 3.95. The Morgan fingerprint density at radius 1 is 1.13 bits per heavy atom. The van der Waals surface area contributed by atoms with Crippen LogP contribution in [0.3, 0.4) is 0 Å². The maximum atomic E-state index is 13.6. The van der Waals surface area contributed by atoms with Crippen LogP contribution in [0.25, 0.3) is 5.57 Å². The van der Waals surface area contributed by atoms with Crippen LogP contribution in [0.5, 0.6) is 5.75 Å². The first-order valence-electron chi connectivity index (χ1n) is 12.1. The van der Waals surface area contributed by atoms with E-state index in [-0.39, 0.29) is 17.9 Å². The zero-order valence-electron chi connectivity index (χ0n) is 21.2. The molecule has 2 aliphatic rings. The van der Waals surface area contributed by atoms with Crippen molar-refractivity contribution >= 4 is 34.6 Å². The largest absolute Gasteiger partial charge is 0.507 e. The number of amides is 1. The van der Waals surface area contributed by atoms with Gasteiger partial charge in [-0.1, -0.05) is 36.4 Å². The van der Waals surface area contributed by atoms with Crippen LogP contribution in [0.1, 0.15) is 28.7 Å². The molecule has 1 amide bonds. The molecule has 1 aromatic heterocycles. The molecule has 0 radical (unpaired) electrons. The lowest BCUT2D eigenvalue weighted by Gasteiger charge is -2.29. The van der Waals surface area contributed by atoms with Crippen molar-refractivity contribution in [3.63, 3.8) is 0 Å². The molecular weight excluding hydrogens is 482 g/mol. The minimum atomic E-state index is -1.64. The number of nitrogens with zero attached hydrogens (tertiary/aromatic N) is 4. The highest BCUT2D eigenvalue weighted by Gasteiger charge is 2.41. The number of aryl methyl sites for hydroxylation is 3. The molecule has 0 fully saturated rings. The van der Waals surface area contributed by atoms with Gasteiger partial charge in [0.05, 0.1) is 5.69 Å². The van der Waals surface area contributed by atoms with Crippen LogP contribution in [-0.4, -0.2) is 43.6 Å². The van der Waals surface area contributed by atoms with Crippen molar-refractivity contribution < 1.29 is 19.8 Å². The number of carbonyl (C=O) groups excluding carboxylic acids is 1. The number of allylic oxidation sites excluding steroid dienone is 2. The first-order chi connectivity index (χ1) is 18.2. The first-order valence-corrected chi connectivity index (χ1v) is 12.1. The third-order valence-electron chi connectivity index (χ3n) is 6.81. The summed E-state index contributed by atoms with van der Waals surface area (Å²) >= 11 is 0. The third-order valence-corrected chi connectivity index (χ3v) is 6.81. The highest BCUT2D eigenvalue weighted by molar-refractivity contribution is 6.74. The van der Waals surface area contributed by atoms with Crippen molar-refractivity contribution in [3.05, 3.63) is 101 Å². The number of carboxylic acids is 1. The molecule has 1 unspecified atom stereocenters. The zero-order chi connectivity index (χ0) is 27.0. The van der Waals surface area contributed by atoms with Crippen LogP contribution in [0, 0.1) is 13.8 Å². The van der Waals surface area contributed by atoms with Crippen molar-refractivity contribution in [1.29, 1.82) is 0 Å². The second-order valence-electron chi connectivity index (χ2n) is 9.49. The van der Waals surface area contributed by atoms with Gasteiger partial charge in [-0.2, -0.15) is 15.2 Å². The van der Waals surface area contributed by atoms with E-state index in [4.69, 9.17) is 0 Å². The Morgan fingerprint density at radius 3 is 2.61 bits per heavy atom. The van der Waals surface area contributed by atoms with Gasteiger partial charge in [0, 0.05) is 37.0 Å². The molecule has 3 aromatic rings. The number of para-hydroxylation sites is 1. The number of aromatic hydroxyl groups is 1. The van der Waals surface area contributed by atoms with E-state index in [9.17, 15) is 19.8 Å². The summed E-state index contributed by atoms with van der Waals surface area (Å²) in [5, 5.41) is 30.8. The van der Waals surface area contributed by atoms with E-state index < -0.39 is 17.4 Å². The summed E-state index contributed by atoms with van der Waals surface area (Å²) in [7, 11) is 1.86. The summed E-state index contributed by atoms with van der Waals surface area (Å²) in [5.41, 5.74) is 5.97. The monoisotopic (exact) mass is 509 g/mol. The Bertz CT molecular complexity index is 1580. The fourth-order valence-electron chi connectivity index (χ4n) is 4.47. The van der Waals surface area contributed by atoms with Crippen LogP contribution in [0.2, 0.25) is 0 Å². The predicted octanol–water partition coefficient (Wildman–Crippen LogP) is 3.91. The van der Waals surface area contributed by atoms with Gasteiger partial charge in [-0.25, -0.2) is 4.79 Å². The molecule has 1 atom stereocenters. The standard InChI is InChI=1S/C29H27N5O4/c1-18-10-11-22(15-19(18)2)34-27(36)26(25(31-34)21-12-14-33(3)17-21)30-32-29(28(37)38)13-6-7-20(16-29)23-8-4-5-9-24(23)35/h4-15,17,32,35H,16H2,1-3H3,(H,37,38)/b30-26-. The number of hydrogen-bond acceptors (Lipinski definition) is 6. The molecule has 192 valence electrons. The van der Waals surface area contributed by atoms with Crippen LogP contribution >= 0.6 is 0 Å². The van der Waals surface area contributed by atoms with Crippen LogP contribution in [0.15, 0.2) is 89.4 Å². The van der Waals surface area contributed by atoms with E-state index in [0.717, 1.165) is 11.1 Å². The lowest BCUT2D eigenvalue weighted by molar-refractivity contribution is -0.142. The highest BCUT2D eigenvalue weighted by atomic mass is 16.4. The Hall–Kier alpha value is -4.92. The molecule has 5 rings (SSSR count). The van der Waals surface area contributed by atoms with Crippen LogP contribution in [0.4, 0.5) is 5.69 Å². The minimum absolute atomic E-state index is 0.0000610. The Balaban J connectivity index is 1.52. The van der Waals surface area contributed by atoms with E-state index in [1.165, 1.54) is 11.1 Å². The molecule has 0 saturated heterocycles. The molecule has 2 heterocycles. The molecular formula is C29H27N5O4. The predicted molar refractivity (Wildman–Crippen MR) is 146 cm³/mol. The normalized spacial score (nSPS) is 20.0. The maximum Gasteiger partial charge on any atom is 0.335 e. The number of hydrogen-bond donors (Lipinski definition) is 3. The lowest BCUT2D eigenvalue weighted by atomic mass is 9.84. The number of nitrogens with one attached hydrogen (secondary N) is 1. The Labute approximate surface area is 219 Å². The highest BCUT2D eigenvalue weighted by Crippen LogP contribution is 2.35. The number of phenols is 1. The van der Waals surface area contributed by atoms with Crippen LogP contribution in [-0.2, 0) is 16.6 Å². The molecule has 3 N–H and O–H groups in total. The lowest BCUT2D eigenvalue weighted by Crippen LogP contribution is -2.50. The van der Waals surface area contributed by atoms with E-state index in [1.807, 2.05) is 62.1 Å². The fourth-order valence-corrected chi connectivity index (χ4v) is 4.47. The van der Waals surface area contributed by atoms with Crippen molar-refractivity contribution in [2.75, 3.05) is 5.01 Å². The topological polar surface area (TPSA) is 120 Å². The number of aromatic nitrogens is 1. The summed E-state index contributed by atoms with van der Waals surface area (Å²) in [4.78, 5) is 26.1. The summed E-state index contributed by atoms with van der Waals surface area (Å²) in [6.07, 6.45) is 8.50. The third kappa shape index (κ3) is 4.39. The van der Waals surface area contributed by atoms with Gasteiger partial charge < -0.3 is 14.8 Å². The van der Waals surface area contributed by atoms with Crippen molar-refractivity contribution in [1.82, 2.24) is 9.99 Å². The second-order valence-corrected chi connectivity index (χ2v) is 9.49. The molecule has 0 saturated carbocycles. The van der Waals surface area contributed by atoms with Gasteiger partial charge in [-0.3, -0.25) is 10.2 Å². The zero-order valence-corrected chi connectivity index (χ0v) is 21.2. The number of aliphatic carboxylic acids is 1. The number of phenolic OH excluding ortho intramolecular Hbond substituents is 1. The van der Waals surface area contributed by atoms with Crippen molar-refractivity contribution in [2.24, 2.45) is 17.3 Å². The average molecular weight is 510 g/mol. The van der Waals surface area contributed by atoms with Gasteiger partial charge in [0.2, 0.25) is 0 Å². The molecule has 0 spiro atoms. The Kier molecular flexibility index (Phi) is 6.20. The second kappa shape index (κ2) is 9.51. The molecule has 2 aromatic carbocycles. The smallest absolute Gasteiger partial charge is 0.335 e. The van der Waals surface area contributed by atoms with Gasteiger partial charge >= 0.3 is 11.9 Å². The molecule has 1 aliphatic carbocycles. The number of rotatable bonds is 6. The van der Waals surface area contributed by atoms with E-state index in [1.54, 1.807) is 36.4 Å². The van der Waals surface area contributed by atoms with Gasteiger partial charge in [0.1, 0.15) is 11.5 Å². The molecule has 0 bridgehead atoms. The number of carboxylic acid groups (broad SMARTS) is 1. The number of carbonyl (C=O) groups is 2. The summed E-state index contributed by atoms with van der Waals surface area (Å²) < 4.78 is 1.83. The van der Waals surface area contributed by atoms with Crippen molar-refractivity contribution in [2.45, 2.75) is 25.8 Å². The number of hydrazone groups is 2. The average Bonchev–Trinajstić information content (AvgIpc) is 3.47. The summed E-state index contributed by atoms with van der Waals surface area (Å²) in [6, 6.07) is 14.2. The molecule has 9 nitrogen and oxygen atoms in total. The number of benzene rings is 2. The van der Waals surface area contributed by atoms with Gasteiger partial charge in [-0.15, -0.1) is 0 Å². The SMILES string of the molecule is Cc1ccc(N2N=C(c3ccn(C)c3)/C(=N/NC3(C(=O)O)C=CC=C(c4ccccc4O)C3)C2=O)cc1C. The van der Waals surface area contributed by atoms with E-state index >= 15 is 0 Å². The maximum absolute atomic E-state index is 13.6. The Morgan fingerprint density at radius 2 is 1.92 bits per heavy atom. The van der Waals surface area contributed by atoms with Crippen LogP contribution < -0.4 is 10.4 Å². The molecule has 38 heavy (non-hydrogen) atoms. The van der Waals surface area contributed by atoms with Crippen molar-refractivity contribution in [3.8, 4) is 5.75 Å². The number of anilines is 1. The fraction of sp³-hybridized carbons (Fsp3) is 0.172. The van der Waals surface area contributed by atoms with Gasteiger partial charge in [0.25, 0.3) is 0 Å². The van der Waals surface area contributed by atoms with E-state index in [2.05, 4.69) is 15.6 Å². The van der Waals surface area contributed by atoms with Gasteiger partial charge in [-0.05, 0) is 60.9 Å². The first kappa shape index (κ1) is 24.8.